The average Bonchev–Trinajstić information content (AvgIpc) is 2.49. The predicted octanol–water partition coefficient (Wildman–Crippen LogP) is 1.47. The van der Waals surface area contributed by atoms with E-state index in [0.717, 1.165) is 22.3 Å². The summed E-state index contributed by atoms with van der Waals surface area (Å²) in [5, 5.41) is 13.4. The van der Waals surface area contributed by atoms with Gasteiger partial charge in [0.1, 0.15) is 0 Å². The van der Waals surface area contributed by atoms with Crippen LogP contribution < -0.4 is 5.73 Å². The maximum atomic E-state index is 11.2. The van der Waals surface area contributed by atoms with Crippen LogP contribution in [0.5, 0.6) is 0 Å². The minimum Gasteiger partial charge on any atom is -0.481 e. The van der Waals surface area contributed by atoms with Crippen LogP contribution >= 0.6 is 15.9 Å². The molecule has 3 N–H and O–H groups in total. The normalized spacial score (nSPS) is 12.7. The quantitative estimate of drug-likeness (QED) is 0.834. The molecule has 0 radical (unpaired) electrons. The van der Waals surface area contributed by atoms with Crippen LogP contribution in [0.1, 0.15) is 24.2 Å². The maximum Gasteiger partial charge on any atom is 0.306 e. The Morgan fingerprint density at radius 2 is 2.29 bits per heavy atom. The van der Waals surface area contributed by atoms with Crippen LogP contribution in [0, 0.1) is 12.8 Å². The highest BCUT2D eigenvalue weighted by atomic mass is 79.9. The Kier molecular flexibility index (Phi) is 5.14. The van der Waals surface area contributed by atoms with E-state index in [-0.39, 0.29) is 0 Å². The molecule has 0 fully saturated rings. The molecule has 0 aromatic carbocycles. The smallest absolute Gasteiger partial charge is 0.306 e. The van der Waals surface area contributed by atoms with Crippen LogP contribution in [0.2, 0.25) is 0 Å². The lowest BCUT2D eigenvalue weighted by Gasteiger charge is -2.12. The minimum absolute atomic E-state index is 0.398. The number of carboxylic acids is 1. The second kappa shape index (κ2) is 6.16. The van der Waals surface area contributed by atoms with E-state index in [1.807, 2.05) is 14.0 Å². The zero-order valence-electron chi connectivity index (χ0n) is 10.1. The third-order valence-electron chi connectivity index (χ3n) is 2.81. The van der Waals surface area contributed by atoms with Crippen LogP contribution in [-0.2, 0) is 18.3 Å². The van der Waals surface area contributed by atoms with Crippen molar-refractivity contribution >= 4 is 21.9 Å². The lowest BCUT2D eigenvalue weighted by molar-refractivity contribution is -0.142. The van der Waals surface area contributed by atoms with Gasteiger partial charge in [0, 0.05) is 13.5 Å². The predicted molar refractivity (Wildman–Crippen MR) is 68.8 cm³/mol. The molecule has 0 saturated carbocycles. The van der Waals surface area contributed by atoms with Crippen LogP contribution in [-0.4, -0.2) is 27.4 Å². The molecule has 6 heteroatoms. The van der Waals surface area contributed by atoms with E-state index in [4.69, 9.17) is 10.8 Å². The van der Waals surface area contributed by atoms with Crippen molar-refractivity contribution in [1.82, 2.24) is 9.78 Å². The fourth-order valence-electron chi connectivity index (χ4n) is 1.81. The molecule has 0 aliphatic heterocycles. The van der Waals surface area contributed by atoms with E-state index in [9.17, 15) is 4.79 Å². The van der Waals surface area contributed by atoms with Gasteiger partial charge in [-0.25, -0.2) is 0 Å². The molecule has 5 nitrogen and oxygen atoms in total. The van der Waals surface area contributed by atoms with E-state index in [0.29, 0.717) is 19.4 Å². The molecule has 0 amide bonds. The lowest BCUT2D eigenvalue weighted by Crippen LogP contribution is -2.19. The Morgan fingerprint density at radius 1 is 1.65 bits per heavy atom. The second-order valence-electron chi connectivity index (χ2n) is 4.14. The number of carbonyl (C=O) groups is 1. The van der Waals surface area contributed by atoms with Crippen molar-refractivity contribution in [1.29, 1.82) is 0 Å². The number of aliphatic carboxylic acids is 1. The zero-order chi connectivity index (χ0) is 13.0. The van der Waals surface area contributed by atoms with Crippen molar-refractivity contribution in [2.75, 3.05) is 6.54 Å². The highest BCUT2D eigenvalue weighted by Gasteiger charge is 2.21. The molecule has 0 saturated heterocycles. The molecule has 1 aromatic rings. The van der Waals surface area contributed by atoms with Crippen LogP contribution in [0.4, 0.5) is 0 Å². The van der Waals surface area contributed by atoms with Crippen LogP contribution in [0.25, 0.3) is 0 Å². The fraction of sp³-hybridized carbons (Fsp3) is 0.636. The molecule has 1 unspecified atom stereocenters. The highest BCUT2D eigenvalue weighted by molar-refractivity contribution is 9.10. The maximum absolute atomic E-state index is 11.2. The molecule has 0 spiro atoms. The third kappa shape index (κ3) is 3.54. The summed E-state index contributed by atoms with van der Waals surface area (Å²) in [6.45, 7) is 2.42. The summed E-state index contributed by atoms with van der Waals surface area (Å²) >= 11 is 3.45. The van der Waals surface area contributed by atoms with Crippen molar-refractivity contribution in [2.45, 2.75) is 26.2 Å². The summed E-state index contributed by atoms with van der Waals surface area (Å²) in [6, 6.07) is 0. The van der Waals surface area contributed by atoms with Crippen LogP contribution in [0.15, 0.2) is 4.47 Å². The van der Waals surface area contributed by atoms with Gasteiger partial charge in [-0.05, 0) is 42.2 Å². The third-order valence-corrected chi connectivity index (χ3v) is 3.84. The second-order valence-corrected chi connectivity index (χ2v) is 4.93. The van der Waals surface area contributed by atoms with Gasteiger partial charge in [0.2, 0.25) is 0 Å². The van der Waals surface area contributed by atoms with Crippen molar-refractivity contribution in [3.63, 3.8) is 0 Å². The monoisotopic (exact) mass is 303 g/mol. The van der Waals surface area contributed by atoms with Crippen molar-refractivity contribution in [3.05, 3.63) is 15.9 Å². The molecule has 17 heavy (non-hydrogen) atoms. The lowest BCUT2D eigenvalue weighted by atomic mass is 9.97. The first-order chi connectivity index (χ1) is 7.97. The van der Waals surface area contributed by atoms with Crippen molar-refractivity contribution < 1.29 is 9.90 Å². The number of nitrogens with zero attached hydrogens (tertiary/aromatic N) is 2. The van der Waals surface area contributed by atoms with Gasteiger partial charge in [-0.1, -0.05) is 0 Å². The molecule has 0 aliphatic rings. The standard InChI is InChI=1S/C11H18BrN3O2/c1-7-10(12)9(15(2)14-7)6-8(11(16)17)4-3-5-13/h8H,3-6,13H2,1-2H3,(H,16,17). The zero-order valence-corrected chi connectivity index (χ0v) is 11.7. The summed E-state index contributed by atoms with van der Waals surface area (Å²) in [4.78, 5) is 11.2. The summed E-state index contributed by atoms with van der Waals surface area (Å²) < 4.78 is 2.64. The number of aromatic nitrogens is 2. The number of hydrogen-bond donors (Lipinski definition) is 2. The van der Waals surface area contributed by atoms with E-state index < -0.39 is 11.9 Å². The average molecular weight is 304 g/mol. The van der Waals surface area contributed by atoms with E-state index >= 15 is 0 Å². The Morgan fingerprint density at radius 3 is 2.71 bits per heavy atom. The van der Waals surface area contributed by atoms with E-state index in [1.54, 1.807) is 4.68 Å². The molecule has 0 bridgehead atoms. The summed E-state index contributed by atoms with van der Waals surface area (Å²) in [5.41, 5.74) is 7.22. The minimum atomic E-state index is -0.774. The Hall–Kier alpha value is -0.880. The molecule has 0 aliphatic carbocycles. The summed E-state index contributed by atoms with van der Waals surface area (Å²) in [5.74, 6) is -1.17. The fourth-order valence-corrected chi connectivity index (χ4v) is 2.31. The molecular weight excluding hydrogens is 286 g/mol. The van der Waals surface area contributed by atoms with Crippen molar-refractivity contribution in [2.24, 2.45) is 18.7 Å². The molecule has 1 aromatic heterocycles. The molecule has 1 rings (SSSR count). The van der Waals surface area contributed by atoms with Gasteiger partial charge in [0.25, 0.3) is 0 Å². The first-order valence-electron chi connectivity index (χ1n) is 5.58. The number of hydrogen-bond acceptors (Lipinski definition) is 3. The molecule has 1 heterocycles. The molecule has 1 atom stereocenters. The number of nitrogens with two attached hydrogens (primary N) is 1. The first-order valence-corrected chi connectivity index (χ1v) is 6.37. The van der Waals surface area contributed by atoms with Gasteiger partial charge in [0.05, 0.1) is 21.8 Å². The molecular formula is C11H18BrN3O2. The number of halogens is 1. The van der Waals surface area contributed by atoms with Crippen LogP contribution in [0.3, 0.4) is 0 Å². The molecule has 96 valence electrons. The Bertz CT molecular complexity index is 404. The highest BCUT2D eigenvalue weighted by Crippen LogP contribution is 2.24. The number of rotatable bonds is 6. The number of carboxylic acid groups (broad SMARTS) is 1. The topological polar surface area (TPSA) is 81.1 Å². The van der Waals surface area contributed by atoms with Crippen molar-refractivity contribution in [3.8, 4) is 0 Å². The van der Waals surface area contributed by atoms with E-state index in [1.165, 1.54) is 0 Å². The largest absolute Gasteiger partial charge is 0.481 e. The van der Waals surface area contributed by atoms with E-state index in [2.05, 4.69) is 21.0 Å². The first kappa shape index (κ1) is 14.2. The Labute approximate surface area is 109 Å². The summed E-state index contributed by atoms with van der Waals surface area (Å²) in [6.07, 6.45) is 1.81. The van der Waals surface area contributed by atoms with Gasteiger partial charge in [-0.2, -0.15) is 5.10 Å². The SMILES string of the molecule is Cc1nn(C)c(CC(CCCN)C(=O)O)c1Br. The van der Waals surface area contributed by atoms with Gasteiger partial charge < -0.3 is 10.8 Å². The van der Waals surface area contributed by atoms with Gasteiger partial charge >= 0.3 is 5.97 Å². The van der Waals surface area contributed by atoms with Gasteiger partial charge in [0.15, 0.2) is 0 Å². The number of aryl methyl sites for hydroxylation is 2. The summed E-state index contributed by atoms with van der Waals surface area (Å²) in [7, 11) is 1.83. The van der Waals surface area contributed by atoms with Gasteiger partial charge in [-0.15, -0.1) is 0 Å². The van der Waals surface area contributed by atoms with Gasteiger partial charge in [-0.3, -0.25) is 9.48 Å². The Balaban J connectivity index is 2.82.